The molecule has 1 aromatic rings. The maximum atomic E-state index is 12.0. The number of carbonyl (C=O) groups is 1. The van der Waals surface area contributed by atoms with Crippen LogP contribution in [0.15, 0.2) is 22.8 Å². The van der Waals surface area contributed by atoms with Crippen molar-refractivity contribution in [3.63, 3.8) is 0 Å². The van der Waals surface area contributed by atoms with Gasteiger partial charge in [0.25, 0.3) is 0 Å². The minimum atomic E-state index is 0.0762. The highest BCUT2D eigenvalue weighted by molar-refractivity contribution is 8.00. The van der Waals surface area contributed by atoms with Crippen LogP contribution in [0, 0.1) is 0 Å². The molecule has 1 aromatic heterocycles. The molecule has 3 heterocycles. The molecule has 2 fully saturated rings. The van der Waals surface area contributed by atoms with Gasteiger partial charge in [0.2, 0.25) is 5.91 Å². The first-order chi connectivity index (χ1) is 9.34. The smallest absolute Gasteiger partial charge is 0.233 e. The zero-order valence-corrected chi connectivity index (χ0v) is 11.9. The van der Waals surface area contributed by atoms with Crippen LogP contribution < -0.4 is 0 Å². The molecule has 2 aliphatic heterocycles. The third kappa shape index (κ3) is 2.98. The van der Waals surface area contributed by atoms with Gasteiger partial charge in [0.05, 0.1) is 12.0 Å². The summed E-state index contributed by atoms with van der Waals surface area (Å²) in [6.07, 6.45) is 5.63. The summed E-state index contributed by atoms with van der Waals surface area (Å²) in [6.45, 7) is 4.17. The number of carbonyl (C=O) groups excluding carboxylic acids is 1. The number of piperidine rings is 1. The van der Waals surface area contributed by atoms with Gasteiger partial charge < -0.3 is 14.2 Å². The Morgan fingerprint density at radius 3 is 2.84 bits per heavy atom. The lowest BCUT2D eigenvalue weighted by atomic mass is 10.1. The highest BCUT2D eigenvalue weighted by atomic mass is 32.2. The van der Waals surface area contributed by atoms with E-state index in [1.165, 1.54) is 32.4 Å². The number of amides is 1. The van der Waals surface area contributed by atoms with Gasteiger partial charge >= 0.3 is 0 Å². The fraction of sp³-hybridized carbons (Fsp3) is 0.643. The molecule has 2 aliphatic rings. The van der Waals surface area contributed by atoms with Crippen LogP contribution in [0.5, 0.6) is 0 Å². The molecule has 0 bridgehead atoms. The summed E-state index contributed by atoms with van der Waals surface area (Å²) < 4.78 is 5.46. The summed E-state index contributed by atoms with van der Waals surface area (Å²) in [5, 5.41) is 0.0762. The minimum absolute atomic E-state index is 0.0762. The SMILES string of the molecule is O=C1CS[C@H](c2ccco2)N1CCN1CCCCC1. The summed E-state index contributed by atoms with van der Waals surface area (Å²) in [5.41, 5.74) is 0. The number of nitrogens with zero attached hydrogens (tertiary/aromatic N) is 2. The van der Waals surface area contributed by atoms with E-state index in [1.54, 1.807) is 18.0 Å². The largest absolute Gasteiger partial charge is 0.466 e. The van der Waals surface area contributed by atoms with Crippen LogP contribution in [-0.2, 0) is 4.79 Å². The Kier molecular flexibility index (Phi) is 4.13. The summed E-state index contributed by atoms with van der Waals surface area (Å²) in [7, 11) is 0. The Labute approximate surface area is 118 Å². The lowest BCUT2D eigenvalue weighted by Gasteiger charge is -2.30. The van der Waals surface area contributed by atoms with E-state index < -0.39 is 0 Å². The van der Waals surface area contributed by atoms with Crippen molar-refractivity contribution in [3.05, 3.63) is 24.2 Å². The second kappa shape index (κ2) is 6.01. The van der Waals surface area contributed by atoms with Crippen LogP contribution in [0.1, 0.15) is 30.4 Å². The van der Waals surface area contributed by atoms with E-state index in [0.29, 0.717) is 5.75 Å². The Bertz CT molecular complexity index is 415. The second-order valence-electron chi connectivity index (χ2n) is 5.17. The molecule has 0 radical (unpaired) electrons. The predicted octanol–water partition coefficient (Wildman–Crippen LogP) is 2.34. The Hall–Kier alpha value is -0.940. The molecule has 0 spiro atoms. The van der Waals surface area contributed by atoms with Crippen molar-refractivity contribution >= 4 is 17.7 Å². The quantitative estimate of drug-likeness (QED) is 0.848. The first-order valence-corrected chi connectivity index (χ1v) is 8.06. The van der Waals surface area contributed by atoms with Gasteiger partial charge in [0.15, 0.2) is 0 Å². The number of thioether (sulfide) groups is 1. The van der Waals surface area contributed by atoms with Crippen LogP contribution in [-0.4, -0.2) is 47.6 Å². The number of hydrogen-bond donors (Lipinski definition) is 0. The molecular formula is C14H20N2O2S. The molecule has 4 nitrogen and oxygen atoms in total. The number of hydrogen-bond acceptors (Lipinski definition) is 4. The van der Waals surface area contributed by atoms with Crippen molar-refractivity contribution in [2.75, 3.05) is 31.9 Å². The maximum Gasteiger partial charge on any atom is 0.233 e. The van der Waals surface area contributed by atoms with E-state index in [4.69, 9.17) is 4.42 Å². The molecule has 3 rings (SSSR count). The molecule has 0 aliphatic carbocycles. The monoisotopic (exact) mass is 280 g/mol. The number of rotatable bonds is 4. The predicted molar refractivity (Wildman–Crippen MR) is 75.9 cm³/mol. The third-order valence-corrected chi connectivity index (χ3v) is 5.08. The Morgan fingerprint density at radius 1 is 1.26 bits per heavy atom. The summed E-state index contributed by atoms with van der Waals surface area (Å²) in [5.74, 6) is 1.71. The van der Waals surface area contributed by atoms with Crippen molar-refractivity contribution in [2.45, 2.75) is 24.6 Å². The van der Waals surface area contributed by atoms with Gasteiger partial charge in [-0.2, -0.15) is 0 Å². The molecular weight excluding hydrogens is 260 g/mol. The van der Waals surface area contributed by atoms with Crippen LogP contribution in [0.2, 0.25) is 0 Å². The fourth-order valence-electron chi connectivity index (χ4n) is 2.80. The fourth-order valence-corrected chi connectivity index (χ4v) is 3.96. The summed E-state index contributed by atoms with van der Waals surface area (Å²) in [6, 6.07) is 3.85. The van der Waals surface area contributed by atoms with E-state index in [-0.39, 0.29) is 11.3 Å². The van der Waals surface area contributed by atoms with Gasteiger partial charge in [-0.3, -0.25) is 4.79 Å². The van der Waals surface area contributed by atoms with Gasteiger partial charge in [0.1, 0.15) is 11.1 Å². The minimum Gasteiger partial charge on any atom is -0.466 e. The van der Waals surface area contributed by atoms with E-state index in [9.17, 15) is 4.79 Å². The van der Waals surface area contributed by atoms with Crippen molar-refractivity contribution in [1.82, 2.24) is 9.80 Å². The molecule has 0 unspecified atom stereocenters. The molecule has 0 saturated carbocycles. The van der Waals surface area contributed by atoms with Crippen molar-refractivity contribution in [2.24, 2.45) is 0 Å². The first-order valence-electron chi connectivity index (χ1n) is 7.01. The molecule has 1 amide bonds. The van der Waals surface area contributed by atoms with E-state index in [2.05, 4.69) is 4.90 Å². The second-order valence-corrected chi connectivity index (χ2v) is 6.24. The molecule has 0 aromatic carbocycles. The zero-order valence-electron chi connectivity index (χ0n) is 11.1. The van der Waals surface area contributed by atoms with Gasteiger partial charge in [-0.25, -0.2) is 0 Å². The molecule has 2 saturated heterocycles. The van der Waals surface area contributed by atoms with Crippen molar-refractivity contribution < 1.29 is 9.21 Å². The highest BCUT2D eigenvalue weighted by Gasteiger charge is 2.34. The molecule has 0 N–H and O–H groups in total. The topological polar surface area (TPSA) is 36.7 Å². The van der Waals surface area contributed by atoms with Crippen molar-refractivity contribution in [3.8, 4) is 0 Å². The molecule has 1 atom stereocenters. The first kappa shape index (κ1) is 13.1. The van der Waals surface area contributed by atoms with Crippen molar-refractivity contribution in [1.29, 1.82) is 0 Å². The van der Waals surface area contributed by atoms with Crippen LogP contribution in [0.25, 0.3) is 0 Å². The zero-order chi connectivity index (χ0) is 13.1. The lowest BCUT2D eigenvalue weighted by Crippen LogP contribution is -2.39. The normalized spacial score (nSPS) is 25.2. The van der Waals surface area contributed by atoms with Crippen LogP contribution in [0.4, 0.5) is 0 Å². The van der Waals surface area contributed by atoms with E-state index >= 15 is 0 Å². The van der Waals surface area contributed by atoms with Gasteiger partial charge in [-0.1, -0.05) is 6.42 Å². The Balaban J connectivity index is 1.59. The Morgan fingerprint density at radius 2 is 2.11 bits per heavy atom. The number of furan rings is 1. The maximum absolute atomic E-state index is 12.0. The van der Waals surface area contributed by atoms with E-state index in [0.717, 1.165) is 18.8 Å². The molecule has 19 heavy (non-hydrogen) atoms. The highest BCUT2D eigenvalue weighted by Crippen LogP contribution is 2.38. The van der Waals surface area contributed by atoms with Gasteiger partial charge in [-0.05, 0) is 38.1 Å². The average molecular weight is 280 g/mol. The van der Waals surface area contributed by atoms with Crippen LogP contribution >= 0.6 is 11.8 Å². The summed E-state index contributed by atoms with van der Waals surface area (Å²) >= 11 is 1.67. The lowest BCUT2D eigenvalue weighted by molar-refractivity contribution is -0.128. The standard InChI is InChI=1S/C14H20N2O2S/c17-13-11-19-14(12-5-4-10-18-12)16(13)9-8-15-6-2-1-3-7-15/h4-5,10,14H,1-3,6-9,11H2/t14-/m1/s1. The van der Waals surface area contributed by atoms with Gasteiger partial charge in [0, 0.05) is 13.1 Å². The molecule has 5 heteroatoms. The number of likely N-dealkylation sites (tertiary alicyclic amines) is 1. The average Bonchev–Trinajstić information content (AvgIpc) is 3.07. The summed E-state index contributed by atoms with van der Waals surface area (Å²) in [4.78, 5) is 16.4. The van der Waals surface area contributed by atoms with E-state index in [1.807, 2.05) is 17.0 Å². The van der Waals surface area contributed by atoms with Crippen LogP contribution in [0.3, 0.4) is 0 Å². The third-order valence-electron chi connectivity index (χ3n) is 3.86. The van der Waals surface area contributed by atoms with Gasteiger partial charge in [-0.15, -0.1) is 11.8 Å². The molecule has 104 valence electrons.